The summed E-state index contributed by atoms with van der Waals surface area (Å²) in [5.74, 6) is -0.164. The van der Waals surface area contributed by atoms with Crippen molar-refractivity contribution in [2.45, 2.75) is 6.92 Å². The molecule has 8 nitrogen and oxygen atoms in total. The van der Waals surface area contributed by atoms with Gasteiger partial charge in [-0.05, 0) is 42.8 Å². The van der Waals surface area contributed by atoms with Crippen molar-refractivity contribution in [3.8, 4) is 11.5 Å². The van der Waals surface area contributed by atoms with Crippen molar-refractivity contribution >= 4 is 17.8 Å². The third kappa shape index (κ3) is 4.29. The minimum atomic E-state index is -0.543. The van der Waals surface area contributed by atoms with E-state index in [0.29, 0.717) is 17.9 Å². The largest absolute Gasteiger partial charge is 0.504 e. The first-order valence-electron chi connectivity index (χ1n) is 7.05. The van der Waals surface area contributed by atoms with Crippen molar-refractivity contribution in [3.63, 3.8) is 0 Å². The molecule has 2 aromatic carbocycles. The summed E-state index contributed by atoms with van der Waals surface area (Å²) < 4.78 is 5.21. The third-order valence-corrected chi connectivity index (χ3v) is 3.00. The highest BCUT2D eigenvalue weighted by atomic mass is 16.6. The van der Waals surface area contributed by atoms with Crippen LogP contribution in [0.3, 0.4) is 0 Å². The molecular weight excluding hydrogens is 314 g/mol. The van der Waals surface area contributed by atoms with E-state index in [2.05, 4.69) is 10.5 Å². The van der Waals surface area contributed by atoms with E-state index < -0.39 is 10.8 Å². The van der Waals surface area contributed by atoms with E-state index in [9.17, 15) is 20.0 Å². The summed E-state index contributed by atoms with van der Waals surface area (Å²) in [5.41, 5.74) is 3.02. The van der Waals surface area contributed by atoms with Crippen LogP contribution in [0.25, 0.3) is 0 Å². The molecule has 0 radical (unpaired) electrons. The normalized spacial score (nSPS) is 10.5. The number of carbonyl (C=O) groups excluding carboxylic acids is 1. The molecule has 0 aliphatic heterocycles. The number of amides is 1. The van der Waals surface area contributed by atoms with Gasteiger partial charge in [-0.25, -0.2) is 5.43 Å². The van der Waals surface area contributed by atoms with Crippen LogP contribution in [0.5, 0.6) is 11.5 Å². The van der Waals surface area contributed by atoms with Crippen molar-refractivity contribution in [1.29, 1.82) is 0 Å². The number of ether oxygens (including phenoxy) is 1. The van der Waals surface area contributed by atoms with Crippen LogP contribution >= 0.6 is 0 Å². The zero-order valence-electron chi connectivity index (χ0n) is 12.8. The fourth-order valence-corrected chi connectivity index (χ4v) is 1.86. The number of nitrogens with one attached hydrogen (secondary N) is 1. The molecule has 2 N–H and O–H groups in total. The molecule has 124 valence electrons. The molecular formula is C16H15N3O5. The van der Waals surface area contributed by atoms with Crippen LogP contribution in [-0.4, -0.2) is 28.8 Å². The number of nitrogens with zero attached hydrogens (tertiary/aromatic N) is 2. The zero-order valence-corrected chi connectivity index (χ0v) is 12.8. The van der Waals surface area contributed by atoms with Gasteiger partial charge < -0.3 is 9.84 Å². The summed E-state index contributed by atoms with van der Waals surface area (Å²) in [6.07, 6.45) is 1.36. The molecule has 2 rings (SSSR count). The molecule has 1 amide bonds. The van der Waals surface area contributed by atoms with Gasteiger partial charge in [-0.2, -0.15) is 5.10 Å². The Kier molecular flexibility index (Phi) is 5.45. The van der Waals surface area contributed by atoms with Gasteiger partial charge in [0.2, 0.25) is 0 Å². The Hall–Kier alpha value is -3.42. The Morgan fingerprint density at radius 3 is 2.62 bits per heavy atom. The monoisotopic (exact) mass is 329 g/mol. The maximum Gasteiger partial charge on any atom is 0.271 e. The Balaban J connectivity index is 1.99. The molecule has 0 aliphatic carbocycles. The molecule has 2 aromatic rings. The summed E-state index contributed by atoms with van der Waals surface area (Å²) in [6, 6.07) is 9.88. The number of aromatic hydroxyl groups is 1. The van der Waals surface area contributed by atoms with Crippen LogP contribution < -0.4 is 10.2 Å². The summed E-state index contributed by atoms with van der Waals surface area (Å²) in [5, 5.41) is 24.1. The van der Waals surface area contributed by atoms with Crippen molar-refractivity contribution in [3.05, 3.63) is 63.7 Å². The van der Waals surface area contributed by atoms with Crippen LogP contribution in [0.4, 0.5) is 5.69 Å². The summed E-state index contributed by atoms with van der Waals surface area (Å²) in [6.45, 7) is 2.24. The highest BCUT2D eigenvalue weighted by Gasteiger charge is 2.08. The minimum absolute atomic E-state index is 0.0255. The van der Waals surface area contributed by atoms with Gasteiger partial charge in [-0.15, -0.1) is 0 Å². The van der Waals surface area contributed by atoms with Crippen LogP contribution in [0.15, 0.2) is 47.6 Å². The Morgan fingerprint density at radius 2 is 2.04 bits per heavy atom. The summed E-state index contributed by atoms with van der Waals surface area (Å²) in [4.78, 5) is 21.9. The maximum atomic E-state index is 11.9. The Morgan fingerprint density at radius 1 is 1.33 bits per heavy atom. The summed E-state index contributed by atoms with van der Waals surface area (Å²) >= 11 is 0. The van der Waals surface area contributed by atoms with Gasteiger partial charge in [0.15, 0.2) is 11.5 Å². The molecule has 0 spiro atoms. The smallest absolute Gasteiger partial charge is 0.271 e. The lowest BCUT2D eigenvalue weighted by molar-refractivity contribution is -0.384. The second kappa shape index (κ2) is 7.73. The van der Waals surface area contributed by atoms with E-state index in [4.69, 9.17) is 4.74 Å². The van der Waals surface area contributed by atoms with Crippen LogP contribution in [-0.2, 0) is 0 Å². The third-order valence-electron chi connectivity index (χ3n) is 3.00. The quantitative estimate of drug-likeness (QED) is 0.480. The van der Waals surface area contributed by atoms with Crippen molar-refractivity contribution in [1.82, 2.24) is 5.43 Å². The Bertz CT molecular complexity index is 772. The molecule has 0 unspecified atom stereocenters. The van der Waals surface area contributed by atoms with E-state index in [1.165, 1.54) is 36.5 Å². The Labute approximate surface area is 137 Å². The van der Waals surface area contributed by atoms with Gasteiger partial charge in [0.1, 0.15) is 0 Å². The van der Waals surface area contributed by atoms with Gasteiger partial charge in [-0.3, -0.25) is 14.9 Å². The zero-order chi connectivity index (χ0) is 17.5. The van der Waals surface area contributed by atoms with E-state index in [-0.39, 0.29) is 17.0 Å². The number of hydrogen-bond acceptors (Lipinski definition) is 6. The van der Waals surface area contributed by atoms with Crippen LogP contribution in [0, 0.1) is 10.1 Å². The fourth-order valence-electron chi connectivity index (χ4n) is 1.86. The highest BCUT2D eigenvalue weighted by Crippen LogP contribution is 2.26. The van der Waals surface area contributed by atoms with Crippen molar-refractivity contribution in [2.75, 3.05) is 6.61 Å². The number of hydrazone groups is 1. The molecule has 24 heavy (non-hydrogen) atoms. The lowest BCUT2D eigenvalue weighted by atomic mass is 10.2. The van der Waals surface area contributed by atoms with Gasteiger partial charge in [0, 0.05) is 17.7 Å². The average Bonchev–Trinajstić information content (AvgIpc) is 2.57. The maximum absolute atomic E-state index is 11.9. The number of rotatable bonds is 6. The molecule has 0 bridgehead atoms. The highest BCUT2D eigenvalue weighted by molar-refractivity contribution is 5.95. The van der Waals surface area contributed by atoms with E-state index in [1.54, 1.807) is 12.1 Å². The molecule has 0 saturated heterocycles. The number of non-ortho nitro benzene ring substituents is 1. The van der Waals surface area contributed by atoms with Gasteiger partial charge in [-0.1, -0.05) is 0 Å². The first-order chi connectivity index (χ1) is 11.5. The van der Waals surface area contributed by atoms with E-state index in [1.807, 2.05) is 6.92 Å². The van der Waals surface area contributed by atoms with Gasteiger partial charge in [0.05, 0.1) is 17.7 Å². The molecule has 0 atom stereocenters. The lowest BCUT2D eigenvalue weighted by Gasteiger charge is -2.05. The summed E-state index contributed by atoms with van der Waals surface area (Å²) in [7, 11) is 0. The standard InChI is InChI=1S/C16H15N3O5/c1-2-24-15-8-3-11(9-14(15)20)10-17-18-16(21)12-4-6-13(7-5-12)19(22)23/h3-10,20H,2H2,1H3,(H,18,21). The predicted molar refractivity (Wildman–Crippen MR) is 87.4 cm³/mol. The lowest BCUT2D eigenvalue weighted by Crippen LogP contribution is -2.17. The van der Waals surface area contributed by atoms with Gasteiger partial charge in [0.25, 0.3) is 11.6 Å². The van der Waals surface area contributed by atoms with E-state index >= 15 is 0 Å². The van der Waals surface area contributed by atoms with Crippen LogP contribution in [0.2, 0.25) is 0 Å². The molecule has 0 aromatic heterocycles. The second-order valence-corrected chi connectivity index (χ2v) is 4.66. The number of phenols is 1. The fraction of sp³-hybridized carbons (Fsp3) is 0.125. The van der Waals surface area contributed by atoms with Crippen molar-refractivity contribution in [2.24, 2.45) is 5.10 Å². The first-order valence-corrected chi connectivity index (χ1v) is 7.05. The van der Waals surface area contributed by atoms with E-state index in [0.717, 1.165) is 0 Å². The number of carbonyl (C=O) groups is 1. The SMILES string of the molecule is CCOc1ccc(C=NNC(=O)c2ccc([N+](=O)[O-])cc2)cc1O. The number of hydrogen-bond donors (Lipinski definition) is 2. The van der Waals surface area contributed by atoms with Crippen LogP contribution in [0.1, 0.15) is 22.8 Å². The predicted octanol–water partition coefficient (Wildman–Crippen LogP) is 2.46. The first kappa shape index (κ1) is 16.9. The second-order valence-electron chi connectivity index (χ2n) is 4.66. The molecule has 0 aliphatic rings. The number of benzene rings is 2. The number of nitro groups is 1. The molecule has 8 heteroatoms. The number of nitro benzene ring substituents is 1. The number of phenolic OH excluding ortho intramolecular Hbond substituents is 1. The van der Waals surface area contributed by atoms with Crippen molar-refractivity contribution < 1.29 is 19.6 Å². The molecule has 0 fully saturated rings. The van der Waals surface area contributed by atoms with Gasteiger partial charge >= 0.3 is 0 Å². The molecule has 0 saturated carbocycles. The molecule has 0 heterocycles. The average molecular weight is 329 g/mol. The minimum Gasteiger partial charge on any atom is -0.504 e. The topological polar surface area (TPSA) is 114 Å².